The number of hydrogen-bond acceptors (Lipinski definition) is 3. The fourth-order valence-corrected chi connectivity index (χ4v) is 2.69. The Bertz CT molecular complexity index is 676. The summed E-state index contributed by atoms with van der Waals surface area (Å²) in [7, 11) is -7.69. The van der Waals surface area contributed by atoms with E-state index in [1.54, 1.807) is 0 Å². The molecule has 0 bridgehead atoms. The van der Waals surface area contributed by atoms with E-state index in [-0.39, 0.29) is 0 Å². The summed E-state index contributed by atoms with van der Waals surface area (Å²) in [4.78, 5) is 0. The Balaban J connectivity index is 7.07. The van der Waals surface area contributed by atoms with Gasteiger partial charge in [0.25, 0.3) is 0 Å². The average molecular weight is 478 g/mol. The lowest BCUT2D eigenvalue weighted by Crippen LogP contribution is -2.75. The molecule has 28 heavy (non-hydrogen) atoms. The van der Waals surface area contributed by atoms with Crippen LogP contribution in [0.4, 0.5) is 65.9 Å². The summed E-state index contributed by atoms with van der Waals surface area (Å²) in [5, 5.41) is -7.85. The molecule has 0 fully saturated rings. The van der Waals surface area contributed by atoms with Crippen LogP contribution in [0.5, 0.6) is 0 Å². The largest absolute Gasteiger partial charge is 0.460 e. The molecule has 0 saturated carbocycles. The molecule has 0 aliphatic rings. The van der Waals surface area contributed by atoms with Gasteiger partial charge >= 0.3 is 51.2 Å². The minimum atomic E-state index is -8.56. The minimum Gasteiger partial charge on any atom is -0.267 e. The first-order valence-electron chi connectivity index (χ1n) is 6.03. The van der Waals surface area contributed by atoms with Crippen molar-refractivity contribution in [3.63, 3.8) is 0 Å². The lowest BCUT2D eigenvalue weighted by atomic mass is 9.94. The molecule has 0 N–H and O–H groups in total. The van der Waals surface area contributed by atoms with Crippen LogP contribution in [-0.2, 0) is 14.3 Å². The highest BCUT2D eigenvalue weighted by molar-refractivity contribution is 7.88. The second-order valence-corrected chi connectivity index (χ2v) is 6.46. The van der Waals surface area contributed by atoms with Crippen molar-refractivity contribution in [2.75, 3.05) is 6.61 Å². The molecule has 3 nitrogen and oxygen atoms in total. The summed E-state index contributed by atoms with van der Waals surface area (Å²) in [6.45, 7) is -1.32. The SMILES string of the molecule is CCOS(=O)(=O)C(F)(C(F)(F)F)C(F)(F)C(F)(F)C(F)(F)C(F)(F)C(F)(F)F. The van der Waals surface area contributed by atoms with Crippen molar-refractivity contribution in [3.05, 3.63) is 0 Å². The Morgan fingerprint density at radius 2 is 0.893 bits per heavy atom. The predicted molar refractivity (Wildman–Crippen MR) is 56.3 cm³/mol. The number of alkyl halides is 15. The van der Waals surface area contributed by atoms with E-state index >= 15 is 0 Å². The maximum atomic E-state index is 13.8. The van der Waals surface area contributed by atoms with Crippen LogP contribution in [0.15, 0.2) is 0 Å². The molecule has 0 rings (SSSR count). The Hall–Kier alpha value is -1.14. The maximum Gasteiger partial charge on any atom is 0.460 e. The molecule has 0 aromatic heterocycles. The van der Waals surface area contributed by atoms with E-state index in [1.165, 1.54) is 0 Å². The summed E-state index contributed by atoms with van der Waals surface area (Å²) in [6.07, 6.45) is -15.5. The van der Waals surface area contributed by atoms with Gasteiger partial charge in [-0.25, -0.2) is 4.39 Å². The standard InChI is InChI=1S/C9H5F15O3S/c1-2-27-28(25,26)7(18,9(22,23)24)5(14,15)3(10,11)4(12,13)6(16,17)8(19,20)21/h2H2,1H3. The summed E-state index contributed by atoms with van der Waals surface area (Å²) in [6, 6.07) is 0. The van der Waals surface area contributed by atoms with E-state index in [2.05, 4.69) is 4.18 Å². The van der Waals surface area contributed by atoms with Crippen LogP contribution in [-0.4, -0.2) is 56.1 Å². The van der Waals surface area contributed by atoms with Crippen molar-refractivity contribution in [1.29, 1.82) is 0 Å². The van der Waals surface area contributed by atoms with Crippen molar-refractivity contribution in [3.8, 4) is 0 Å². The smallest absolute Gasteiger partial charge is 0.267 e. The number of rotatable bonds is 7. The quantitative estimate of drug-likeness (QED) is 0.394. The Morgan fingerprint density at radius 1 is 0.571 bits per heavy atom. The van der Waals surface area contributed by atoms with E-state index in [9.17, 15) is 74.3 Å². The van der Waals surface area contributed by atoms with Gasteiger partial charge in [-0.05, 0) is 6.92 Å². The van der Waals surface area contributed by atoms with Gasteiger partial charge in [0.05, 0.1) is 6.61 Å². The highest BCUT2D eigenvalue weighted by Crippen LogP contribution is 2.63. The molecule has 0 amide bonds. The lowest BCUT2D eigenvalue weighted by molar-refractivity contribution is -0.438. The van der Waals surface area contributed by atoms with Crippen LogP contribution in [0, 0.1) is 0 Å². The monoisotopic (exact) mass is 478 g/mol. The summed E-state index contributed by atoms with van der Waals surface area (Å²) < 4.78 is 217. The first kappa shape index (κ1) is 26.9. The molecule has 170 valence electrons. The topological polar surface area (TPSA) is 43.4 Å². The molecular formula is C9H5F15O3S. The van der Waals surface area contributed by atoms with Crippen LogP contribution >= 0.6 is 0 Å². The van der Waals surface area contributed by atoms with E-state index in [0.717, 1.165) is 0 Å². The zero-order chi connectivity index (χ0) is 23.4. The molecule has 0 aliphatic heterocycles. The molecule has 0 heterocycles. The molecule has 0 saturated heterocycles. The van der Waals surface area contributed by atoms with Crippen molar-refractivity contribution < 1.29 is 78.5 Å². The van der Waals surface area contributed by atoms with E-state index in [1.807, 2.05) is 0 Å². The summed E-state index contributed by atoms with van der Waals surface area (Å²) in [5.74, 6) is -33.6. The van der Waals surface area contributed by atoms with Crippen LogP contribution in [0.1, 0.15) is 6.92 Å². The van der Waals surface area contributed by atoms with E-state index in [0.29, 0.717) is 6.92 Å². The van der Waals surface area contributed by atoms with Crippen LogP contribution < -0.4 is 0 Å². The van der Waals surface area contributed by atoms with Crippen molar-refractivity contribution >= 4 is 10.1 Å². The second kappa shape index (κ2) is 6.69. The first-order valence-corrected chi connectivity index (χ1v) is 7.44. The molecule has 0 spiro atoms. The van der Waals surface area contributed by atoms with Crippen molar-refractivity contribution in [1.82, 2.24) is 0 Å². The van der Waals surface area contributed by atoms with Gasteiger partial charge in [-0.2, -0.15) is 69.9 Å². The first-order chi connectivity index (χ1) is 11.8. The van der Waals surface area contributed by atoms with Gasteiger partial charge in [0.2, 0.25) is 0 Å². The normalized spacial score (nSPS) is 18.1. The Kier molecular flexibility index (Phi) is 6.42. The summed E-state index contributed by atoms with van der Waals surface area (Å²) >= 11 is 0. The molecule has 0 aliphatic carbocycles. The third kappa shape index (κ3) is 3.26. The second-order valence-electron chi connectivity index (χ2n) is 4.75. The van der Waals surface area contributed by atoms with E-state index in [4.69, 9.17) is 0 Å². The lowest BCUT2D eigenvalue weighted by Gasteiger charge is -2.41. The van der Waals surface area contributed by atoms with Gasteiger partial charge in [0.15, 0.2) is 0 Å². The number of halogens is 15. The maximum absolute atomic E-state index is 13.8. The van der Waals surface area contributed by atoms with Crippen LogP contribution in [0.25, 0.3) is 0 Å². The van der Waals surface area contributed by atoms with Crippen molar-refractivity contribution in [2.24, 2.45) is 0 Å². The molecule has 19 heteroatoms. The van der Waals surface area contributed by atoms with Gasteiger partial charge in [0.1, 0.15) is 0 Å². The molecule has 0 aromatic rings. The molecule has 1 atom stereocenters. The molecule has 0 aromatic carbocycles. The predicted octanol–water partition coefficient (Wildman–Crippen LogP) is 4.68. The Morgan fingerprint density at radius 3 is 1.14 bits per heavy atom. The Labute approximate surface area is 144 Å². The highest BCUT2D eigenvalue weighted by Gasteiger charge is 2.96. The van der Waals surface area contributed by atoms with Crippen LogP contribution in [0.3, 0.4) is 0 Å². The minimum absolute atomic E-state index is 0.358. The molecule has 1 unspecified atom stereocenters. The van der Waals surface area contributed by atoms with Gasteiger partial charge in [-0.3, -0.25) is 4.18 Å². The zero-order valence-electron chi connectivity index (χ0n) is 12.5. The average Bonchev–Trinajstić information content (AvgIpc) is 2.42. The zero-order valence-corrected chi connectivity index (χ0v) is 13.3. The third-order valence-electron chi connectivity index (χ3n) is 2.92. The van der Waals surface area contributed by atoms with Crippen molar-refractivity contribution in [2.45, 2.75) is 48.0 Å². The van der Waals surface area contributed by atoms with Crippen LogP contribution in [0.2, 0.25) is 0 Å². The van der Waals surface area contributed by atoms with Gasteiger partial charge in [-0.15, -0.1) is 0 Å². The van der Waals surface area contributed by atoms with Gasteiger partial charge in [0, 0.05) is 0 Å². The van der Waals surface area contributed by atoms with Gasteiger partial charge in [-0.1, -0.05) is 0 Å². The third-order valence-corrected chi connectivity index (χ3v) is 4.65. The summed E-state index contributed by atoms with van der Waals surface area (Å²) in [5.41, 5.74) is 0. The molecular weight excluding hydrogens is 473 g/mol. The fraction of sp³-hybridized carbons (Fsp3) is 1.00. The highest BCUT2D eigenvalue weighted by atomic mass is 32.2. The fourth-order valence-electron chi connectivity index (χ4n) is 1.49. The number of hydrogen-bond donors (Lipinski definition) is 0. The van der Waals surface area contributed by atoms with E-state index < -0.39 is 57.8 Å². The van der Waals surface area contributed by atoms with Gasteiger partial charge < -0.3 is 0 Å². The molecule has 0 radical (unpaired) electrons.